The molecule has 9 aromatic rings. The van der Waals surface area contributed by atoms with Crippen LogP contribution in [0.3, 0.4) is 0 Å². The van der Waals surface area contributed by atoms with E-state index in [1.807, 2.05) is 210 Å². The van der Waals surface area contributed by atoms with Gasteiger partial charge >= 0.3 is 7.82 Å². The van der Waals surface area contributed by atoms with Gasteiger partial charge in [0.05, 0.1) is 0 Å². The molecule has 0 bridgehead atoms. The molecule has 11 heteroatoms. The highest BCUT2D eigenvalue weighted by molar-refractivity contribution is 7.48. The smallest absolute Gasteiger partial charge is 0.484 e. The molecule has 0 fully saturated rings. The summed E-state index contributed by atoms with van der Waals surface area (Å²) in [6, 6.07) is 47.1. The molecule has 0 aliphatic heterocycles. The molecule has 3 N–H and O–H groups in total. The third kappa shape index (κ3) is 13.3. The van der Waals surface area contributed by atoms with E-state index in [0.717, 1.165) is 99.1 Å². The Hall–Kier alpha value is -7.33. The van der Waals surface area contributed by atoms with Gasteiger partial charge in [0.25, 0.3) is 0 Å². The van der Waals surface area contributed by atoms with Crippen LogP contribution in [0.25, 0.3) is 32.3 Å². The highest BCUT2D eigenvalue weighted by Crippen LogP contribution is 2.64. The predicted octanol–water partition coefficient (Wildman–Crippen LogP) is 20.6. The molecule has 9 rings (SSSR count). The standard InChI is InChI=1S/C78H93O10P/c1-46(2)76(47(3)4,83-61-37-52(13)70(53(14)38-61)43-58-31-34-73(79)67-28-22-19-25-64(58)67)86-89(82,87-77(48(5)6,49(7)8)84-62-39-54(15)71(55(16)40-62)44-59-32-35-74(80)68-29-23-20-26-65(59)68)88-78(50(9)10,51(11)12)85-63-41-56(17)72(57(18)42-63)45-60-33-36-75(81)69-30-24-21-27-66(60)69/h19-42,46-51,79-81H,43-45H2,1-18H3. The summed E-state index contributed by atoms with van der Waals surface area (Å²) in [5.74, 6) is -5.31. The molecule has 0 saturated heterocycles. The zero-order chi connectivity index (χ0) is 64.7. The Balaban J connectivity index is 1.15. The summed E-state index contributed by atoms with van der Waals surface area (Å²) in [6.45, 7) is 36.5. The first-order valence-electron chi connectivity index (χ1n) is 31.7. The third-order valence-electron chi connectivity index (χ3n) is 18.5. The lowest BCUT2D eigenvalue weighted by molar-refractivity contribution is -0.257. The second-order valence-electron chi connectivity index (χ2n) is 26.6. The maximum atomic E-state index is 17.5. The number of phosphoric ester groups is 1. The monoisotopic (exact) mass is 1220 g/mol. The van der Waals surface area contributed by atoms with Gasteiger partial charge in [-0.2, -0.15) is 0 Å². The van der Waals surface area contributed by atoms with Crippen molar-refractivity contribution in [2.75, 3.05) is 0 Å². The van der Waals surface area contributed by atoms with E-state index in [-0.39, 0.29) is 17.2 Å². The van der Waals surface area contributed by atoms with Crippen molar-refractivity contribution in [2.24, 2.45) is 35.5 Å². The van der Waals surface area contributed by atoms with Crippen LogP contribution in [0.15, 0.2) is 146 Å². The van der Waals surface area contributed by atoms with Crippen molar-refractivity contribution in [3.63, 3.8) is 0 Å². The molecule has 470 valence electrons. The highest BCUT2D eigenvalue weighted by atomic mass is 31.2. The molecular weight excluding hydrogens is 1130 g/mol. The fourth-order valence-electron chi connectivity index (χ4n) is 13.5. The number of ether oxygens (including phenoxy) is 3. The predicted molar refractivity (Wildman–Crippen MR) is 363 cm³/mol. The molecule has 0 aliphatic carbocycles. The molecule has 89 heavy (non-hydrogen) atoms. The quantitative estimate of drug-likeness (QED) is 0.0397. The van der Waals surface area contributed by atoms with Crippen LogP contribution >= 0.6 is 7.82 Å². The van der Waals surface area contributed by atoms with Crippen LogP contribution in [-0.4, -0.2) is 32.7 Å². The maximum absolute atomic E-state index is 17.5. The van der Waals surface area contributed by atoms with E-state index < -0.39 is 60.7 Å². The van der Waals surface area contributed by atoms with Crippen molar-refractivity contribution >= 4 is 40.1 Å². The molecule has 0 amide bonds. The number of hydrogen-bond donors (Lipinski definition) is 3. The van der Waals surface area contributed by atoms with E-state index in [0.29, 0.717) is 36.5 Å². The molecule has 0 atom stereocenters. The van der Waals surface area contributed by atoms with E-state index in [9.17, 15) is 15.3 Å². The molecule has 0 spiro atoms. The average molecular weight is 1220 g/mol. The van der Waals surface area contributed by atoms with Crippen LogP contribution in [-0.2, 0) is 37.4 Å². The first-order valence-corrected chi connectivity index (χ1v) is 33.2. The lowest BCUT2D eigenvalue weighted by Crippen LogP contribution is -2.54. The highest BCUT2D eigenvalue weighted by Gasteiger charge is 2.59. The second-order valence-corrected chi connectivity index (χ2v) is 28.1. The van der Waals surface area contributed by atoms with Crippen molar-refractivity contribution in [1.82, 2.24) is 0 Å². The number of aromatic hydroxyl groups is 3. The van der Waals surface area contributed by atoms with Crippen LogP contribution in [0, 0.1) is 77.0 Å². The molecule has 0 saturated carbocycles. The summed E-state index contributed by atoms with van der Waals surface area (Å²) in [5.41, 5.74) is 12.6. The third-order valence-corrected chi connectivity index (χ3v) is 20.0. The van der Waals surface area contributed by atoms with Gasteiger partial charge in [-0.3, -0.25) is 0 Å². The lowest BCUT2D eigenvalue weighted by Gasteiger charge is -2.49. The number of hydrogen-bond acceptors (Lipinski definition) is 10. The molecule has 0 heterocycles. The van der Waals surface area contributed by atoms with Crippen LogP contribution in [0.2, 0.25) is 0 Å². The topological polar surface area (TPSA) is 133 Å². The Kier molecular flexibility index (Phi) is 19.5. The second kappa shape index (κ2) is 26.2. The minimum Gasteiger partial charge on any atom is -0.507 e. The minimum atomic E-state index is -5.07. The molecule has 9 aromatic carbocycles. The Morgan fingerprint density at radius 1 is 0.326 bits per heavy atom. The average Bonchev–Trinajstić information content (AvgIpc) is 1.57. The zero-order valence-electron chi connectivity index (χ0n) is 55.6. The Morgan fingerprint density at radius 3 is 0.730 bits per heavy atom. The molecule has 10 nitrogen and oxygen atoms in total. The first-order chi connectivity index (χ1) is 42.0. The van der Waals surface area contributed by atoms with Crippen LogP contribution < -0.4 is 14.2 Å². The summed E-state index contributed by atoms with van der Waals surface area (Å²) in [7, 11) is -5.07. The lowest BCUT2D eigenvalue weighted by atomic mass is 9.90. The molecule has 0 radical (unpaired) electrons. The van der Waals surface area contributed by atoms with Crippen molar-refractivity contribution in [3.8, 4) is 34.5 Å². The van der Waals surface area contributed by atoms with Gasteiger partial charge in [-0.1, -0.05) is 174 Å². The van der Waals surface area contributed by atoms with Gasteiger partial charge < -0.3 is 29.5 Å². The van der Waals surface area contributed by atoms with E-state index in [1.165, 1.54) is 0 Å². The van der Waals surface area contributed by atoms with Gasteiger partial charge in [0, 0.05) is 51.7 Å². The molecule has 0 aliphatic rings. The van der Waals surface area contributed by atoms with Crippen LogP contribution in [0.1, 0.15) is 150 Å². The zero-order valence-corrected chi connectivity index (χ0v) is 56.5. The number of rotatable bonds is 24. The first kappa shape index (κ1) is 66.1. The molecule has 0 unspecified atom stereocenters. The van der Waals surface area contributed by atoms with E-state index in [4.69, 9.17) is 27.8 Å². The summed E-state index contributed by atoms with van der Waals surface area (Å²) < 4.78 is 61.8. The van der Waals surface area contributed by atoms with E-state index in [2.05, 4.69) is 41.5 Å². The fourth-order valence-corrected chi connectivity index (χ4v) is 16.0. The van der Waals surface area contributed by atoms with Crippen LogP contribution in [0.5, 0.6) is 34.5 Å². The van der Waals surface area contributed by atoms with Crippen LogP contribution in [0.4, 0.5) is 0 Å². The van der Waals surface area contributed by atoms with Gasteiger partial charge in [0.2, 0.25) is 17.4 Å². The number of phenolic OH excluding ortho intramolecular Hbond substituents is 3. The minimum absolute atomic E-state index is 0.244. The number of aryl methyl sites for hydroxylation is 6. The number of phenols is 3. The van der Waals surface area contributed by atoms with Gasteiger partial charge in [0.15, 0.2) is 0 Å². The van der Waals surface area contributed by atoms with E-state index in [1.54, 1.807) is 18.2 Å². The van der Waals surface area contributed by atoms with Gasteiger partial charge in [-0.15, -0.1) is 0 Å². The SMILES string of the molecule is Cc1cc(OC(OP(=O)(OC(Oc2cc(C)c(Cc3ccc(O)c4ccccc34)c(C)c2)(C(C)C)C(C)C)OC(Oc2cc(C)c(Cc3ccc(O)c4ccccc34)c(C)c2)(C(C)C)C(C)C)(C(C)C)C(C)C)cc(C)c1Cc1ccc(O)c2ccccc12. The normalized spacial score (nSPS) is 12.8. The van der Waals surface area contributed by atoms with E-state index >= 15 is 4.57 Å². The summed E-state index contributed by atoms with van der Waals surface area (Å²) >= 11 is 0. The van der Waals surface area contributed by atoms with Crippen molar-refractivity contribution < 1.29 is 47.7 Å². The van der Waals surface area contributed by atoms with Crippen molar-refractivity contribution in [3.05, 3.63) is 212 Å². The summed E-state index contributed by atoms with van der Waals surface area (Å²) in [6.07, 6.45) is 1.87. The number of fused-ring (bicyclic) bond motifs is 3. The summed E-state index contributed by atoms with van der Waals surface area (Å²) in [5, 5.41) is 37.7. The van der Waals surface area contributed by atoms with Gasteiger partial charge in [-0.05, 0) is 198 Å². The molecule has 0 aromatic heterocycles. The maximum Gasteiger partial charge on any atom is 0.484 e. The fraction of sp³-hybridized carbons (Fsp3) is 0.385. The van der Waals surface area contributed by atoms with Gasteiger partial charge in [-0.25, -0.2) is 18.1 Å². The Bertz CT molecular complexity index is 3590. The van der Waals surface area contributed by atoms with Crippen molar-refractivity contribution in [1.29, 1.82) is 0 Å². The molecular formula is C78H93O10P. The Morgan fingerprint density at radius 2 is 0.528 bits per heavy atom. The number of phosphoric acid groups is 1. The Labute approximate surface area is 528 Å². The van der Waals surface area contributed by atoms with Gasteiger partial charge in [0.1, 0.15) is 34.5 Å². The summed E-state index contributed by atoms with van der Waals surface area (Å²) in [4.78, 5) is 0. The van der Waals surface area contributed by atoms with Crippen molar-refractivity contribution in [2.45, 2.75) is 161 Å². The largest absolute Gasteiger partial charge is 0.507 e. The number of benzene rings is 9.